The maximum absolute atomic E-state index is 12.2. The summed E-state index contributed by atoms with van der Waals surface area (Å²) in [6.07, 6.45) is -4.75. The minimum Gasteiger partial charge on any atom is -0.406 e. The number of ether oxygens (including phenoxy) is 1. The van der Waals surface area contributed by atoms with E-state index >= 15 is 0 Å². The first-order valence-corrected chi connectivity index (χ1v) is 10.7. The number of carbonyl (C=O) groups excluding carboxylic acids is 2. The van der Waals surface area contributed by atoms with Gasteiger partial charge in [-0.15, -0.1) is 23.4 Å². The third-order valence-corrected chi connectivity index (χ3v) is 5.68. The van der Waals surface area contributed by atoms with Crippen molar-refractivity contribution in [3.8, 4) is 5.75 Å². The SMILES string of the molecule is CNC(=O)c1cccc(NC(=O)CSc2nnc(Nc3ccc(OC(F)(F)F)cc3)s2)c1. The summed E-state index contributed by atoms with van der Waals surface area (Å²) in [7, 11) is 1.52. The third-order valence-electron chi connectivity index (χ3n) is 3.71. The van der Waals surface area contributed by atoms with Gasteiger partial charge >= 0.3 is 6.36 Å². The van der Waals surface area contributed by atoms with Crippen molar-refractivity contribution in [2.75, 3.05) is 23.4 Å². The lowest BCUT2D eigenvalue weighted by molar-refractivity contribution is -0.274. The quantitative estimate of drug-likeness (QED) is 0.411. The molecule has 3 rings (SSSR count). The van der Waals surface area contributed by atoms with Gasteiger partial charge in [-0.25, -0.2) is 0 Å². The van der Waals surface area contributed by atoms with E-state index in [0.717, 1.165) is 0 Å². The van der Waals surface area contributed by atoms with Crippen LogP contribution in [0.3, 0.4) is 0 Å². The highest BCUT2D eigenvalue weighted by Crippen LogP contribution is 2.29. The number of halogens is 3. The van der Waals surface area contributed by atoms with Gasteiger partial charge in [0.25, 0.3) is 5.91 Å². The van der Waals surface area contributed by atoms with Gasteiger partial charge in [0.15, 0.2) is 4.34 Å². The lowest BCUT2D eigenvalue weighted by Gasteiger charge is -2.09. The predicted molar refractivity (Wildman–Crippen MR) is 116 cm³/mol. The molecule has 0 atom stereocenters. The second kappa shape index (κ2) is 10.3. The van der Waals surface area contributed by atoms with Crippen molar-refractivity contribution < 1.29 is 27.5 Å². The Balaban J connectivity index is 1.50. The van der Waals surface area contributed by atoms with Gasteiger partial charge in [-0.3, -0.25) is 9.59 Å². The summed E-state index contributed by atoms with van der Waals surface area (Å²) in [6, 6.07) is 11.7. The zero-order valence-electron chi connectivity index (χ0n) is 16.4. The summed E-state index contributed by atoms with van der Waals surface area (Å²) in [4.78, 5) is 23.8. The van der Waals surface area contributed by atoms with Gasteiger partial charge < -0.3 is 20.7 Å². The van der Waals surface area contributed by atoms with E-state index in [1.807, 2.05) is 0 Å². The Hall–Kier alpha value is -3.32. The van der Waals surface area contributed by atoms with E-state index in [1.165, 1.54) is 54.4 Å². The number of nitrogens with one attached hydrogen (secondary N) is 3. The second-order valence-corrected chi connectivity index (χ2v) is 8.27. The molecular weight excluding hydrogens is 467 g/mol. The van der Waals surface area contributed by atoms with Crippen LogP contribution in [0, 0.1) is 0 Å². The first-order valence-electron chi connectivity index (χ1n) is 8.93. The van der Waals surface area contributed by atoms with Crippen LogP contribution in [0.5, 0.6) is 5.75 Å². The van der Waals surface area contributed by atoms with Crippen LogP contribution >= 0.6 is 23.1 Å². The number of alkyl halides is 3. The zero-order valence-corrected chi connectivity index (χ0v) is 18.0. The largest absolute Gasteiger partial charge is 0.573 e. The van der Waals surface area contributed by atoms with Gasteiger partial charge in [-0.1, -0.05) is 29.2 Å². The molecule has 8 nitrogen and oxygen atoms in total. The van der Waals surface area contributed by atoms with Crippen LogP contribution in [0.25, 0.3) is 0 Å². The summed E-state index contributed by atoms with van der Waals surface area (Å²) in [5.74, 6) is -0.799. The Labute approximate surface area is 188 Å². The molecule has 0 fully saturated rings. The van der Waals surface area contributed by atoms with Crippen molar-refractivity contribution in [1.29, 1.82) is 0 Å². The van der Waals surface area contributed by atoms with Crippen LogP contribution in [0.1, 0.15) is 10.4 Å². The van der Waals surface area contributed by atoms with Crippen LogP contribution < -0.4 is 20.7 Å². The van der Waals surface area contributed by atoms with Crippen molar-refractivity contribution in [2.24, 2.45) is 0 Å². The molecule has 0 saturated heterocycles. The van der Waals surface area contributed by atoms with E-state index in [9.17, 15) is 22.8 Å². The third kappa shape index (κ3) is 7.13. The molecule has 1 aromatic heterocycles. The summed E-state index contributed by atoms with van der Waals surface area (Å²) < 4.78 is 41.0. The van der Waals surface area contributed by atoms with E-state index in [1.54, 1.807) is 24.3 Å². The molecule has 0 aliphatic heterocycles. The number of thioether (sulfide) groups is 1. The molecule has 0 saturated carbocycles. The molecule has 32 heavy (non-hydrogen) atoms. The molecule has 0 unspecified atom stereocenters. The molecule has 13 heteroatoms. The van der Waals surface area contributed by atoms with E-state index in [0.29, 0.717) is 26.4 Å². The minimum atomic E-state index is -4.75. The first kappa shape index (κ1) is 23.3. The van der Waals surface area contributed by atoms with Crippen molar-refractivity contribution in [3.63, 3.8) is 0 Å². The summed E-state index contributed by atoms with van der Waals surface area (Å²) in [5, 5.41) is 16.5. The molecule has 168 valence electrons. The Kier molecular flexibility index (Phi) is 7.53. The zero-order chi connectivity index (χ0) is 23.1. The average molecular weight is 483 g/mol. The lowest BCUT2D eigenvalue weighted by Crippen LogP contribution is -2.18. The van der Waals surface area contributed by atoms with Crippen molar-refractivity contribution >= 4 is 51.4 Å². The standard InChI is InChI=1S/C19H16F3N5O3S2/c1-23-16(29)11-3-2-4-13(9-11)24-15(28)10-31-18-27-26-17(32-18)25-12-5-7-14(8-6-12)30-19(20,21)22/h2-9H,10H2,1H3,(H,23,29)(H,24,28)(H,25,26). The van der Waals surface area contributed by atoms with Crippen LogP contribution in [-0.4, -0.2) is 41.2 Å². The van der Waals surface area contributed by atoms with Gasteiger partial charge in [0.2, 0.25) is 11.0 Å². The van der Waals surface area contributed by atoms with Crippen LogP contribution in [0.4, 0.5) is 29.7 Å². The fraction of sp³-hybridized carbons (Fsp3) is 0.158. The Bertz CT molecular complexity index is 1090. The predicted octanol–water partition coefficient (Wildman–Crippen LogP) is 4.27. The van der Waals surface area contributed by atoms with Crippen LogP contribution in [0.2, 0.25) is 0 Å². The topological polar surface area (TPSA) is 105 Å². The maximum atomic E-state index is 12.2. The Morgan fingerprint density at radius 3 is 2.53 bits per heavy atom. The molecule has 1 heterocycles. The van der Waals surface area contributed by atoms with Crippen molar-refractivity contribution in [2.45, 2.75) is 10.7 Å². The number of nitrogens with zero attached hydrogens (tertiary/aromatic N) is 2. The highest BCUT2D eigenvalue weighted by molar-refractivity contribution is 8.01. The molecule has 3 N–H and O–H groups in total. The number of hydrogen-bond acceptors (Lipinski definition) is 8. The number of benzene rings is 2. The molecule has 0 radical (unpaired) electrons. The second-order valence-electron chi connectivity index (χ2n) is 6.07. The highest BCUT2D eigenvalue weighted by Gasteiger charge is 2.30. The van der Waals surface area contributed by atoms with Crippen molar-refractivity contribution in [3.05, 3.63) is 54.1 Å². The Morgan fingerprint density at radius 1 is 1.09 bits per heavy atom. The smallest absolute Gasteiger partial charge is 0.406 e. The van der Waals surface area contributed by atoms with Gasteiger partial charge in [-0.05, 0) is 42.5 Å². The molecule has 0 bridgehead atoms. The fourth-order valence-electron chi connectivity index (χ4n) is 2.39. The maximum Gasteiger partial charge on any atom is 0.573 e. The number of anilines is 3. The number of rotatable bonds is 8. The normalized spacial score (nSPS) is 11.0. The number of carbonyl (C=O) groups is 2. The Morgan fingerprint density at radius 2 is 1.84 bits per heavy atom. The van der Waals surface area contributed by atoms with Gasteiger partial charge in [0.1, 0.15) is 5.75 Å². The fourth-order valence-corrected chi connectivity index (χ4v) is 3.96. The number of amides is 2. The number of aromatic nitrogens is 2. The molecule has 0 aliphatic carbocycles. The lowest BCUT2D eigenvalue weighted by atomic mass is 10.2. The van der Waals surface area contributed by atoms with Gasteiger partial charge in [0.05, 0.1) is 5.75 Å². The van der Waals surface area contributed by atoms with E-state index in [4.69, 9.17) is 0 Å². The number of hydrogen-bond donors (Lipinski definition) is 3. The highest BCUT2D eigenvalue weighted by atomic mass is 32.2. The van der Waals surface area contributed by atoms with Gasteiger partial charge in [-0.2, -0.15) is 0 Å². The summed E-state index contributed by atoms with van der Waals surface area (Å²) in [6.45, 7) is 0. The van der Waals surface area contributed by atoms with Crippen LogP contribution in [0.15, 0.2) is 52.9 Å². The van der Waals surface area contributed by atoms with E-state index < -0.39 is 6.36 Å². The molecule has 0 aliphatic rings. The van der Waals surface area contributed by atoms with Crippen LogP contribution in [-0.2, 0) is 4.79 Å². The molecule has 0 spiro atoms. The van der Waals surface area contributed by atoms with E-state index in [-0.39, 0.29) is 23.3 Å². The average Bonchev–Trinajstić information content (AvgIpc) is 3.19. The molecule has 2 aromatic carbocycles. The van der Waals surface area contributed by atoms with E-state index in [2.05, 4.69) is 30.9 Å². The first-order chi connectivity index (χ1) is 15.2. The van der Waals surface area contributed by atoms with Crippen molar-refractivity contribution in [1.82, 2.24) is 15.5 Å². The molecule has 2 amide bonds. The monoisotopic (exact) mass is 483 g/mol. The molecular formula is C19H16F3N5O3S2. The minimum absolute atomic E-state index is 0.0717. The summed E-state index contributed by atoms with van der Waals surface area (Å²) >= 11 is 2.36. The van der Waals surface area contributed by atoms with Gasteiger partial charge in [0, 0.05) is 24.0 Å². The summed E-state index contributed by atoms with van der Waals surface area (Å²) in [5.41, 5.74) is 1.42. The molecule has 3 aromatic rings.